The van der Waals surface area contributed by atoms with Crippen LogP contribution in [0.3, 0.4) is 0 Å². The first-order valence-corrected chi connectivity index (χ1v) is 7.25. The van der Waals surface area contributed by atoms with Crippen LogP contribution in [0.4, 0.5) is 0 Å². The molecule has 0 aliphatic rings. The van der Waals surface area contributed by atoms with E-state index in [0.717, 1.165) is 30.8 Å². The summed E-state index contributed by atoms with van der Waals surface area (Å²) >= 11 is 7.28. The molecular weight excluding hydrogens is 248 g/mol. The van der Waals surface area contributed by atoms with Gasteiger partial charge in [0.15, 0.2) is 0 Å². The third-order valence-corrected chi connectivity index (χ3v) is 4.76. The summed E-state index contributed by atoms with van der Waals surface area (Å²) in [5, 5.41) is 1.21. The maximum Gasteiger partial charge on any atom is 0.123 e. The zero-order chi connectivity index (χ0) is 12.3. The van der Waals surface area contributed by atoms with Gasteiger partial charge < -0.3 is 4.90 Å². The van der Waals surface area contributed by atoms with Crippen LogP contribution in [0, 0.1) is 4.64 Å². The van der Waals surface area contributed by atoms with Gasteiger partial charge in [0.05, 0.1) is 4.70 Å². The topological polar surface area (TPSA) is 8.17 Å². The highest BCUT2D eigenvalue weighted by molar-refractivity contribution is 7.71. The van der Waals surface area contributed by atoms with Gasteiger partial charge in [0, 0.05) is 18.5 Å². The van der Waals surface area contributed by atoms with Crippen LogP contribution in [-0.4, -0.2) is 28.5 Å². The Balaban J connectivity index is 2.19. The zero-order valence-electron chi connectivity index (χ0n) is 10.3. The van der Waals surface area contributed by atoms with Gasteiger partial charge in [-0.25, -0.2) is 0 Å². The number of benzene rings is 1. The number of aromatic nitrogens is 1. The summed E-state index contributed by atoms with van der Waals surface area (Å²) in [5.41, 5.74) is 0. The summed E-state index contributed by atoms with van der Waals surface area (Å²) in [6.07, 6.45) is 0. The molecule has 0 saturated carbocycles. The number of likely N-dealkylation sites (N-methyl/N-ethyl adjacent to an activating group) is 1. The molecule has 0 aliphatic carbocycles. The zero-order valence-corrected chi connectivity index (χ0v) is 12.0. The van der Waals surface area contributed by atoms with Crippen LogP contribution >= 0.6 is 23.8 Å². The Hall–Kier alpha value is -0.710. The normalized spacial score (nSPS) is 11.5. The monoisotopic (exact) mass is 266 g/mol. The average Bonchev–Trinajstić information content (AvgIpc) is 2.68. The third-order valence-electron chi connectivity index (χ3n) is 3.07. The summed E-state index contributed by atoms with van der Waals surface area (Å²) in [6, 6.07) is 8.38. The van der Waals surface area contributed by atoms with Crippen molar-refractivity contribution in [3.8, 4) is 0 Å². The third kappa shape index (κ3) is 2.76. The molecule has 0 bridgehead atoms. The Labute approximate surface area is 112 Å². The van der Waals surface area contributed by atoms with Crippen LogP contribution in [-0.2, 0) is 6.54 Å². The van der Waals surface area contributed by atoms with Gasteiger partial charge in [-0.15, -0.1) is 0 Å². The minimum absolute atomic E-state index is 0.984. The maximum absolute atomic E-state index is 5.51. The molecule has 0 spiro atoms. The molecule has 2 aromatic rings. The molecule has 0 aliphatic heterocycles. The van der Waals surface area contributed by atoms with Crippen molar-refractivity contribution < 1.29 is 0 Å². The number of rotatable bonds is 5. The van der Waals surface area contributed by atoms with Gasteiger partial charge in [-0.1, -0.05) is 55.8 Å². The summed E-state index contributed by atoms with van der Waals surface area (Å²) in [7, 11) is 0. The summed E-state index contributed by atoms with van der Waals surface area (Å²) in [6.45, 7) is 8.69. The van der Waals surface area contributed by atoms with Crippen LogP contribution in [0.15, 0.2) is 24.3 Å². The van der Waals surface area contributed by atoms with Gasteiger partial charge in [-0.05, 0) is 19.2 Å². The lowest BCUT2D eigenvalue weighted by molar-refractivity contribution is 0.294. The van der Waals surface area contributed by atoms with Crippen LogP contribution < -0.4 is 0 Å². The molecule has 17 heavy (non-hydrogen) atoms. The van der Waals surface area contributed by atoms with Crippen molar-refractivity contribution in [2.75, 3.05) is 19.6 Å². The van der Waals surface area contributed by atoms with E-state index in [1.54, 1.807) is 11.5 Å². The summed E-state index contributed by atoms with van der Waals surface area (Å²) in [4.78, 5) is 2.42. The van der Waals surface area contributed by atoms with E-state index in [1.807, 2.05) is 0 Å². The molecule has 4 heteroatoms. The highest BCUT2D eigenvalue weighted by atomic mass is 32.1. The molecule has 2 nitrogen and oxygen atoms in total. The first kappa shape index (κ1) is 12.7. The fourth-order valence-electron chi connectivity index (χ4n) is 1.94. The first-order valence-electron chi connectivity index (χ1n) is 6.07. The second-order valence-corrected chi connectivity index (χ2v) is 5.47. The number of fused-ring (bicyclic) bond motifs is 1. The molecule has 2 rings (SSSR count). The second-order valence-electron chi connectivity index (χ2n) is 4.02. The molecule has 1 heterocycles. The fourth-order valence-corrected chi connectivity index (χ4v) is 3.38. The van der Waals surface area contributed by atoms with Crippen molar-refractivity contribution in [1.82, 2.24) is 8.86 Å². The van der Waals surface area contributed by atoms with E-state index in [-0.39, 0.29) is 0 Å². The SMILES string of the molecule is CCN(CC)CCn1sc2ccccc2c1=S. The largest absolute Gasteiger partial charge is 0.302 e. The van der Waals surface area contributed by atoms with Crippen LogP contribution in [0.5, 0.6) is 0 Å². The van der Waals surface area contributed by atoms with Crippen molar-refractivity contribution in [2.45, 2.75) is 20.4 Å². The Kier molecular flexibility index (Phi) is 4.31. The molecule has 92 valence electrons. The number of hydrogen-bond donors (Lipinski definition) is 0. The molecule has 1 aromatic heterocycles. The van der Waals surface area contributed by atoms with Crippen LogP contribution in [0.2, 0.25) is 0 Å². The standard InChI is InChI=1S/C13H18N2S2/c1-3-14(4-2)9-10-15-13(16)11-7-5-6-8-12(11)17-15/h5-8H,3-4,9-10H2,1-2H3. The number of hydrogen-bond acceptors (Lipinski definition) is 3. The van der Waals surface area contributed by atoms with Crippen LogP contribution in [0.25, 0.3) is 10.1 Å². The van der Waals surface area contributed by atoms with Gasteiger partial charge >= 0.3 is 0 Å². The van der Waals surface area contributed by atoms with Gasteiger partial charge in [-0.2, -0.15) is 0 Å². The van der Waals surface area contributed by atoms with E-state index in [4.69, 9.17) is 12.2 Å². The summed E-state index contributed by atoms with van der Waals surface area (Å²) < 4.78 is 4.51. The molecule has 0 N–H and O–H groups in total. The quantitative estimate of drug-likeness (QED) is 0.761. The molecule has 0 fully saturated rings. The Morgan fingerprint density at radius 3 is 2.59 bits per heavy atom. The maximum atomic E-state index is 5.51. The van der Waals surface area contributed by atoms with Gasteiger partial charge in [0.25, 0.3) is 0 Å². The minimum atomic E-state index is 0.984. The smallest absolute Gasteiger partial charge is 0.123 e. The van der Waals surface area contributed by atoms with Crippen molar-refractivity contribution in [3.63, 3.8) is 0 Å². The molecular formula is C13H18N2S2. The number of nitrogens with zero attached hydrogens (tertiary/aromatic N) is 2. The highest BCUT2D eigenvalue weighted by Gasteiger charge is 2.05. The predicted molar refractivity (Wildman–Crippen MR) is 78.4 cm³/mol. The van der Waals surface area contributed by atoms with E-state index in [0.29, 0.717) is 0 Å². The fraction of sp³-hybridized carbons (Fsp3) is 0.462. The van der Waals surface area contributed by atoms with E-state index in [9.17, 15) is 0 Å². The average molecular weight is 266 g/mol. The summed E-state index contributed by atoms with van der Waals surface area (Å²) in [5.74, 6) is 0. The molecule has 0 atom stereocenters. The van der Waals surface area contributed by atoms with Gasteiger partial charge in [0.2, 0.25) is 0 Å². The lowest BCUT2D eigenvalue weighted by Crippen LogP contribution is -2.26. The van der Waals surface area contributed by atoms with E-state index in [2.05, 4.69) is 47.0 Å². The van der Waals surface area contributed by atoms with Gasteiger partial charge in [-0.3, -0.25) is 3.96 Å². The molecule has 1 aromatic carbocycles. The Morgan fingerprint density at radius 1 is 1.24 bits per heavy atom. The van der Waals surface area contributed by atoms with Crippen molar-refractivity contribution in [1.29, 1.82) is 0 Å². The first-order chi connectivity index (χ1) is 8.26. The predicted octanol–water partition coefficient (Wildman–Crippen LogP) is 3.77. The Bertz CT molecular complexity index is 538. The molecule has 0 radical (unpaired) electrons. The van der Waals surface area contributed by atoms with Crippen molar-refractivity contribution in [2.24, 2.45) is 0 Å². The van der Waals surface area contributed by atoms with Gasteiger partial charge in [0.1, 0.15) is 4.64 Å². The lowest BCUT2D eigenvalue weighted by Gasteiger charge is -2.17. The van der Waals surface area contributed by atoms with Crippen molar-refractivity contribution in [3.05, 3.63) is 28.9 Å². The van der Waals surface area contributed by atoms with E-state index in [1.165, 1.54) is 10.1 Å². The second kappa shape index (κ2) is 5.76. The Morgan fingerprint density at radius 2 is 1.94 bits per heavy atom. The lowest BCUT2D eigenvalue weighted by atomic mass is 10.3. The van der Waals surface area contributed by atoms with E-state index < -0.39 is 0 Å². The molecule has 0 unspecified atom stereocenters. The van der Waals surface area contributed by atoms with Crippen molar-refractivity contribution >= 4 is 33.8 Å². The highest BCUT2D eigenvalue weighted by Crippen LogP contribution is 2.22. The van der Waals surface area contributed by atoms with E-state index >= 15 is 0 Å². The van der Waals surface area contributed by atoms with Crippen LogP contribution in [0.1, 0.15) is 13.8 Å². The molecule has 0 amide bonds. The molecule has 0 saturated heterocycles. The minimum Gasteiger partial charge on any atom is -0.302 e.